The van der Waals surface area contributed by atoms with Crippen molar-refractivity contribution in [3.05, 3.63) is 35.4 Å². The number of amides is 1. The molecule has 1 atom stereocenters. The summed E-state index contributed by atoms with van der Waals surface area (Å²) in [6.45, 7) is 4.33. The number of carbonyl (C=O) groups is 1. The van der Waals surface area contributed by atoms with Crippen molar-refractivity contribution in [1.82, 2.24) is 4.90 Å². The van der Waals surface area contributed by atoms with E-state index >= 15 is 0 Å². The predicted octanol–water partition coefficient (Wildman–Crippen LogP) is 4.38. The average molecular weight is 315 g/mol. The Kier molecular flexibility index (Phi) is 5.71. The van der Waals surface area contributed by atoms with Crippen molar-refractivity contribution in [2.24, 2.45) is 0 Å². The lowest BCUT2D eigenvalue weighted by Gasteiger charge is -2.32. The number of likely N-dealkylation sites (tertiary alicyclic amines) is 1. The highest BCUT2D eigenvalue weighted by molar-refractivity contribution is 5.94. The molecule has 1 aliphatic carbocycles. The molecule has 3 nitrogen and oxygen atoms in total. The lowest BCUT2D eigenvalue weighted by atomic mass is 9.84. The van der Waals surface area contributed by atoms with Crippen LogP contribution in [0.5, 0.6) is 0 Å². The van der Waals surface area contributed by atoms with Crippen molar-refractivity contribution in [2.45, 2.75) is 63.9 Å². The van der Waals surface area contributed by atoms with E-state index in [1.165, 1.54) is 37.7 Å². The van der Waals surface area contributed by atoms with Gasteiger partial charge in [0.1, 0.15) is 0 Å². The third-order valence-electron chi connectivity index (χ3n) is 5.30. The molecular formula is C20H29NO2. The summed E-state index contributed by atoms with van der Waals surface area (Å²) in [7, 11) is 0. The Hall–Kier alpha value is -1.35. The first-order chi connectivity index (χ1) is 11.3. The molecule has 0 bridgehead atoms. The summed E-state index contributed by atoms with van der Waals surface area (Å²) in [5.74, 6) is 0.856. The summed E-state index contributed by atoms with van der Waals surface area (Å²) in [5, 5.41) is 0. The first-order valence-corrected chi connectivity index (χ1v) is 9.28. The van der Waals surface area contributed by atoms with E-state index < -0.39 is 0 Å². The number of piperidine rings is 1. The largest absolute Gasteiger partial charge is 0.377 e. The Morgan fingerprint density at radius 1 is 1.09 bits per heavy atom. The molecule has 3 heteroatoms. The minimum Gasteiger partial charge on any atom is -0.377 e. The number of ether oxygens (including phenoxy) is 1. The molecule has 1 amide bonds. The second kappa shape index (κ2) is 7.96. The quantitative estimate of drug-likeness (QED) is 0.825. The first kappa shape index (κ1) is 16.5. The number of hydrogen-bond donors (Lipinski definition) is 0. The van der Waals surface area contributed by atoms with E-state index in [1.54, 1.807) is 0 Å². The third-order valence-corrected chi connectivity index (χ3v) is 5.30. The average Bonchev–Trinajstić information content (AvgIpc) is 2.62. The Balaban J connectivity index is 1.63. The van der Waals surface area contributed by atoms with E-state index in [-0.39, 0.29) is 12.0 Å². The van der Waals surface area contributed by atoms with Gasteiger partial charge in [-0.25, -0.2) is 0 Å². The standard InChI is InChI=1S/C20H29NO2/c1-2-23-19-9-6-14-21(15-19)20(22)18-12-10-17(11-13-18)16-7-4-3-5-8-16/h10-13,16,19H,2-9,14-15H2,1H3. The van der Waals surface area contributed by atoms with Gasteiger partial charge in [-0.05, 0) is 56.2 Å². The predicted molar refractivity (Wildman–Crippen MR) is 92.8 cm³/mol. The van der Waals surface area contributed by atoms with Gasteiger partial charge in [0.15, 0.2) is 0 Å². The van der Waals surface area contributed by atoms with E-state index in [0.717, 1.165) is 38.1 Å². The molecule has 1 aromatic rings. The van der Waals surface area contributed by atoms with Crippen LogP contribution in [-0.4, -0.2) is 36.6 Å². The summed E-state index contributed by atoms with van der Waals surface area (Å²) in [4.78, 5) is 14.7. The zero-order valence-electron chi connectivity index (χ0n) is 14.3. The van der Waals surface area contributed by atoms with E-state index in [0.29, 0.717) is 5.92 Å². The van der Waals surface area contributed by atoms with Gasteiger partial charge in [-0.2, -0.15) is 0 Å². The van der Waals surface area contributed by atoms with Crippen LogP contribution in [0.25, 0.3) is 0 Å². The number of rotatable bonds is 4. The van der Waals surface area contributed by atoms with Crippen molar-refractivity contribution < 1.29 is 9.53 Å². The zero-order valence-corrected chi connectivity index (χ0v) is 14.3. The smallest absolute Gasteiger partial charge is 0.253 e. The van der Waals surface area contributed by atoms with Crippen molar-refractivity contribution in [1.29, 1.82) is 0 Å². The maximum atomic E-state index is 12.7. The van der Waals surface area contributed by atoms with Gasteiger partial charge in [0.25, 0.3) is 5.91 Å². The molecule has 2 fully saturated rings. The van der Waals surface area contributed by atoms with Crippen molar-refractivity contribution in [3.8, 4) is 0 Å². The molecule has 1 saturated carbocycles. The van der Waals surface area contributed by atoms with Gasteiger partial charge in [0.05, 0.1) is 6.10 Å². The molecule has 1 aromatic carbocycles. The Labute approximate surface area is 140 Å². The maximum absolute atomic E-state index is 12.7. The van der Waals surface area contributed by atoms with E-state index in [4.69, 9.17) is 4.74 Å². The molecule has 0 N–H and O–H groups in total. The van der Waals surface area contributed by atoms with E-state index in [2.05, 4.69) is 12.1 Å². The van der Waals surface area contributed by atoms with Crippen molar-refractivity contribution in [3.63, 3.8) is 0 Å². The van der Waals surface area contributed by atoms with Crippen LogP contribution in [0.4, 0.5) is 0 Å². The molecule has 2 aliphatic rings. The fourth-order valence-corrected chi connectivity index (χ4v) is 4.01. The van der Waals surface area contributed by atoms with Gasteiger partial charge < -0.3 is 9.64 Å². The lowest BCUT2D eigenvalue weighted by molar-refractivity contribution is 0.00724. The summed E-state index contributed by atoms with van der Waals surface area (Å²) >= 11 is 0. The Morgan fingerprint density at radius 3 is 2.52 bits per heavy atom. The van der Waals surface area contributed by atoms with Gasteiger partial charge in [-0.3, -0.25) is 4.79 Å². The molecule has 0 spiro atoms. The second-order valence-electron chi connectivity index (χ2n) is 6.93. The molecule has 1 aliphatic heterocycles. The van der Waals surface area contributed by atoms with Gasteiger partial charge in [-0.15, -0.1) is 0 Å². The number of hydrogen-bond acceptors (Lipinski definition) is 2. The lowest BCUT2D eigenvalue weighted by Crippen LogP contribution is -2.43. The normalized spacial score (nSPS) is 23.0. The maximum Gasteiger partial charge on any atom is 0.253 e. The van der Waals surface area contributed by atoms with E-state index in [1.807, 2.05) is 24.0 Å². The highest BCUT2D eigenvalue weighted by Gasteiger charge is 2.25. The van der Waals surface area contributed by atoms with Crippen LogP contribution in [-0.2, 0) is 4.74 Å². The molecule has 0 radical (unpaired) electrons. The fourth-order valence-electron chi connectivity index (χ4n) is 4.01. The van der Waals surface area contributed by atoms with Crippen LogP contribution in [0.2, 0.25) is 0 Å². The summed E-state index contributed by atoms with van der Waals surface area (Å²) in [6, 6.07) is 8.40. The molecule has 1 unspecified atom stereocenters. The molecule has 23 heavy (non-hydrogen) atoms. The zero-order chi connectivity index (χ0) is 16.1. The fraction of sp³-hybridized carbons (Fsp3) is 0.650. The van der Waals surface area contributed by atoms with Gasteiger partial charge in [-0.1, -0.05) is 31.4 Å². The summed E-state index contributed by atoms with van der Waals surface area (Å²) in [6.07, 6.45) is 8.98. The molecule has 1 heterocycles. The molecular weight excluding hydrogens is 286 g/mol. The highest BCUT2D eigenvalue weighted by Crippen LogP contribution is 2.32. The summed E-state index contributed by atoms with van der Waals surface area (Å²) in [5.41, 5.74) is 2.23. The van der Waals surface area contributed by atoms with Crippen LogP contribution in [0, 0.1) is 0 Å². The molecule has 3 rings (SSSR count). The van der Waals surface area contributed by atoms with Crippen LogP contribution in [0.1, 0.15) is 73.7 Å². The number of benzene rings is 1. The SMILES string of the molecule is CCOC1CCCN(C(=O)c2ccc(C3CCCCC3)cc2)C1. The van der Waals surface area contributed by atoms with E-state index in [9.17, 15) is 4.79 Å². The monoisotopic (exact) mass is 315 g/mol. The van der Waals surface area contributed by atoms with Crippen molar-refractivity contribution in [2.75, 3.05) is 19.7 Å². The minimum atomic E-state index is 0.157. The topological polar surface area (TPSA) is 29.5 Å². The van der Waals surface area contributed by atoms with Crippen LogP contribution < -0.4 is 0 Å². The Morgan fingerprint density at radius 2 is 1.83 bits per heavy atom. The second-order valence-corrected chi connectivity index (χ2v) is 6.93. The molecule has 1 saturated heterocycles. The van der Waals surface area contributed by atoms with Crippen LogP contribution in [0.15, 0.2) is 24.3 Å². The third kappa shape index (κ3) is 4.14. The highest BCUT2D eigenvalue weighted by atomic mass is 16.5. The van der Waals surface area contributed by atoms with Gasteiger partial charge >= 0.3 is 0 Å². The molecule has 0 aromatic heterocycles. The van der Waals surface area contributed by atoms with Gasteiger partial charge in [0, 0.05) is 25.3 Å². The first-order valence-electron chi connectivity index (χ1n) is 9.28. The summed E-state index contributed by atoms with van der Waals surface area (Å²) < 4.78 is 5.70. The van der Waals surface area contributed by atoms with Crippen LogP contribution in [0.3, 0.4) is 0 Å². The number of nitrogens with zero attached hydrogens (tertiary/aromatic N) is 1. The van der Waals surface area contributed by atoms with Crippen molar-refractivity contribution >= 4 is 5.91 Å². The molecule has 126 valence electrons. The number of carbonyl (C=O) groups excluding carboxylic acids is 1. The minimum absolute atomic E-state index is 0.157. The van der Waals surface area contributed by atoms with Crippen LogP contribution >= 0.6 is 0 Å². The van der Waals surface area contributed by atoms with Gasteiger partial charge in [0.2, 0.25) is 0 Å². The Bertz CT molecular complexity index is 503.